The van der Waals surface area contributed by atoms with Crippen molar-refractivity contribution in [2.75, 3.05) is 50.6 Å². The van der Waals surface area contributed by atoms with Crippen LogP contribution in [0.4, 0.5) is 11.5 Å². The highest BCUT2D eigenvalue weighted by Crippen LogP contribution is 2.17. The fourth-order valence-corrected chi connectivity index (χ4v) is 2.61. The van der Waals surface area contributed by atoms with Gasteiger partial charge in [-0.25, -0.2) is 4.98 Å². The Morgan fingerprint density at radius 2 is 2.04 bits per heavy atom. The Balaban J connectivity index is 1.60. The fraction of sp³-hybridized carbons (Fsp3) is 0.412. The van der Waals surface area contributed by atoms with Gasteiger partial charge in [0.15, 0.2) is 5.76 Å². The van der Waals surface area contributed by atoms with Crippen LogP contribution >= 0.6 is 0 Å². The largest absolute Gasteiger partial charge is 0.453 e. The minimum absolute atomic E-state index is 0.243. The zero-order valence-corrected chi connectivity index (χ0v) is 14.0. The molecule has 0 saturated carbocycles. The average molecular weight is 330 g/mol. The molecule has 0 spiro atoms. The molecule has 2 aromatic rings. The van der Waals surface area contributed by atoms with Gasteiger partial charge in [-0.2, -0.15) is 0 Å². The van der Waals surface area contributed by atoms with Crippen LogP contribution in [0.5, 0.6) is 0 Å². The van der Waals surface area contributed by atoms with Crippen LogP contribution < -0.4 is 10.2 Å². The number of methoxy groups -OCH3 is 1. The normalized spacial score (nSPS) is 15.5. The summed E-state index contributed by atoms with van der Waals surface area (Å²) in [5.74, 6) is 1.03. The van der Waals surface area contributed by atoms with Crippen LogP contribution in [0.3, 0.4) is 0 Å². The molecular formula is C17H22N4O3. The van der Waals surface area contributed by atoms with E-state index >= 15 is 0 Å². The molecule has 1 saturated heterocycles. The second-order valence-electron chi connectivity index (χ2n) is 5.85. The molecule has 0 atom stereocenters. The third-order valence-corrected chi connectivity index (χ3v) is 4.03. The molecule has 1 amide bonds. The summed E-state index contributed by atoms with van der Waals surface area (Å²) in [4.78, 5) is 21.1. The Bertz CT molecular complexity index is 675. The van der Waals surface area contributed by atoms with E-state index in [2.05, 4.69) is 27.1 Å². The number of piperazine rings is 1. The van der Waals surface area contributed by atoms with E-state index in [1.54, 1.807) is 25.4 Å². The number of hydrogen-bond donors (Lipinski definition) is 1. The zero-order valence-electron chi connectivity index (χ0n) is 14.0. The standard InChI is InChI=1S/C17H22N4O3/c1-20-7-9-21(10-8-20)13-3-6-16(18-11-13)19-17(22)15-5-4-14(24-15)12-23-2/h3-6,11H,7-10,12H2,1-2H3,(H,18,19,22). The SMILES string of the molecule is COCc1ccc(C(=O)Nc2ccc(N3CCN(C)CC3)cn2)o1. The van der Waals surface area contributed by atoms with Crippen molar-refractivity contribution in [2.24, 2.45) is 0 Å². The maximum atomic E-state index is 12.2. The van der Waals surface area contributed by atoms with Crippen molar-refractivity contribution in [3.63, 3.8) is 0 Å². The lowest BCUT2D eigenvalue weighted by atomic mass is 10.3. The number of furan rings is 1. The molecule has 2 aromatic heterocycles. The number of pyridine rings is 1. The van der Waals surface area contributed by atoms with Crippen LogP contribution in [0.15, 0.2) is 34.9 Å². The number of carbonyl (C=O) groups excluding carboxylic acids is 1. The summed E-state index contributed by atoms with van der Waals surface area (Å²) in [6.45, 7) is 4.39. The molecule has 0 aliphatic carbocycles. The minimum Gasteiger partial charge on any atom is -0.453 e. The third-order valence-electron chi connectivity index (χ3n) is 4.03. The summed E-state index contributed by atoms with van der Waals surface area (Å²) in [7, 11) is 3.70. The second-order valence-corrected chi connectivity index (χ2v) is 5.85. The van der Waals surface area contributed by atoms with Crippen molar-refractivity contribution in [1.82, 2.24) is 9.88 Å². The van der Waals surface area contributed by atoms with Crippen molar-refractivity contribution >= 4 is 17.4 Å². The van der Waals surface area contributed by atoms with Gasteiger partial charge >= 0.3 is 0 Å². The molecule has 7 heteroatoms. The molecule has 128 valence electrons. The lowest BCUT2D eigenvalue weighted by molar-refractivity contribution is 0.0987. The summed E-state index contributed by atoms with van der Waals surface area (Å²) >= 11 is 0. The number of carbonyl (C=O) groups is 1. The Morgan fingerprint density at radius 1 is 1.25 bits per heavy atom. The van der Waals surface area contributed by atoms with E-state index in [9.17, 15) is 4.79 Å². The summed E-state index contributed by atoms with van der Waals surface area (Å²) < 4.78 is 10.4. The second kappa shape index (κ2) is 7.46. The van der Waals surface area contributed by atoms with Crippen molar-refractivity contribution in [3.8, 4) is 0 Å². The highest BCUT2D eigenvalue weighted by Gasteiger charge is 2.15. The van der Waals surface area contributed by atoms with Crippen LogP contribution in [0.2, 0.25) is 0 Å². The minimum atomic E-state index is -0.322. The molecule has 0 unspecified atom stereocenters. The van der Waals surface area contributed by atoms with E-state index in [0.29, 0.717) is 18.2 Å². The number of hydrogen-bond acceptors (Lipinski definition) is 6. The summed E-state index contributed by atoms with van der Waals surface area (Å²) in [5.41, 5.74) is 1.07. The van der Waals surface area contributed by atoms with Crippen molar-refractivity contribution in [2.45, 2.75) is 6.61 Å². The van der Waals surface area contributed by atoms with Crippen LogP contribution in [-0.2, 0) is 11.3 Å². The molecule has 3 heterocycles. The quantitative estimate of drug-likeness (QED) is 0.902. The molecule has 1 N–H and O–H groups in total. The number of nitrogens with zero attached hydrogens (tertiary/aromatic N) is 3. The van der Waals surface area contributed by atoms with Gasteiger partial charge in [-0.1, -0.05) is 0 Å². The predicted octanol–water partition coefficient (Wildman–Crippen LogP) is 1.83. The van der Waals surface area contributed by atoms with Crippen molar-refractivity contribution < 1.29 is 13.9 Å². The van der Waals surface area contributed by atoms with E-state index in [-0.39, 0.29) is 11.7 Å². The molecule has 0 bridgehead atoms. The van der Waals surface area contributed by atoms with Gasteiger partial charge in [0, 0.05) is 33.3 Å². The number of ether oxygens (including phenoxy) is 1. The van der Waals surface area contributed by atoms with Crippen molar-refractivity contribution in [3.05, 3.63) is 42.0 Å². The maximum absolute atomic E-state index is 12.2. The smallest absolute Gasteiger partial charge is 0.292 e. The van der Waals surface area contributed by atoms with Gasteiger partial charge in [-0.15, -0.1) is 0 Å². The molecule has 24 heavy (non-hydrogen) atoms. The fourth-order valence-electron chi connectivity index (χ4n) is 2.61. The summed E-state index contributed by atoms with van der Waals surface area (Å²) in [6, 6.07) is 7.14. The first-order valence-electron chi connectivity index (χ1n) is 7.94. The number of amides is 1. The van der Waals surface area contributed by atoms with Gasteiger partial charge in [0.2, 0.25) is 0 Å². The van der Waals surface area contributed by atoms with Gasteiger partial charge in [-0.3, -0.25) is 4.79 Å². The number of likely N-dealkylation sites (N-methyl/N-ethyl adjacent to an activating group) is 1. The van der Waals surface area contributed by atoms with Crippen LogP contribution in [0, 0.1) is 0 Å². The first kappa shape index (κ1) is 16.5. The molecule has 1 aliphatic heterocycles. The number of anilines is 2. The van der Waals surface area contributed by atoms with Gasteiger partial charge in [-0.05, 0) is 31.3 Å². The summed E-state index contributed by atoms with van der Waals surface area (Å²) in [5, 5.41) is 2.74. The van der Waals surface area contributed by atoms with Gasteiger partial charge in [0.05, 0.1) is 11.9 Å². The van der Waals surface area contributed by atoms with E-state index in [1.807, 2.05) is 12.1 Å². The molecule has 3 rings (SSSR count). The first-order chi connectivity index (χ1) is 11.7. The lowest BCUT2D eigenvalue weighted by Crippen LogP contribution is -2.44. The molecule has 0 aromatic carbocycles. The van der Waals surface area contributed by atoms with E-state index in [1.165, 1.54) is 0 Å². The number of nitrogens with one attached hydrogen (secondary N) is 1. The monoisotopic (exact) mass is 330 g/mol. The van der Waals surface area contributed by atoms with Crippen molar-refractivity contribution in [1.29, 1.82) is 0 Å². The zero-order chi connectivity index (χ0) is 16.9. The Hall–Kier alpha value is -2.38. The Kier molecular flexibility index (Phi) is 5.12. The molecular weight excluding hydrogens is 308 g/mol. The average Bonchev–Trinajstić information content (AvgIpc) is 3.06. The number of aromatic nitrogens is 1. The maximum Gasteiger partial charge on any atom is 0.292 e. The molecule has 1 fully saturated rings. The van der Waals surface area contributed by atoms with Crippen LogP contribution in [0.25, 0.3) is 0 Å². The van der Waals surface area contributed by atoms with Gasteiger partial charge in [0.1, 0.15) is 18.2 Å². The Morgan fingerprint density at radius 3 is 2.71 bits per heavy atom. The lowest BCUT2D eigenvalue weighted by Gasteiger charge is -2.33. The predicted molar refractivity (Wildman–Crippen MR) is 91.3 cm³/mol. The van der Waals surface area contributed by atoms with Gasteiger partial charge in [0.25, 0.3) is 5.91 Å². The van der Waals surface area contributed by atoms with E-state index in [4.69, 9.17) is 9.15 Å². The molecule has 1 aliphatic rings. The number of rotatable bonds is 5. The molecule has 0 radical (unpaired) electrons. The highest BCUT2D eigenvalue weighted by molar-refractivity contribution is 6.01. The van der Waals surface area contributed by atoms with Crippen LogP contribution in [-0.4, -0.2) is 56.1 Å². The third kappa shape index (κ3) is 3.93. The van der Waals surface area contributed by atoms with Crippen LogP contribution in [0.1, 0.15) is 16.3 Å². The topological polar surface area (TPSA) is 70.8 Å². The summed E-state index contributed by atoms with van der Waals surface area (Å²) in [6.07, 6.45) is 1.79. The Labute approximate surface area is 141 Å². The van der Waals surface area contributed by atoms with Gasteiger partial charge < -0.3 is 24.3 Å². The van der Waals surface area contributed by atoms with E-state index in [0.717, 1.165) is 31.9 Å². The van der Waals surface area contributed by atoms with E-state index < -0.39 is 0 Å². The first-order valence-corrected chi connectivity index (χ1v) is 7.94. The molecule has 7 nitrogen and oxygen atoms in total. The highest BCUT2D eigenvalue weighted by atomic mass is 16.5.